The molecular formula is C52H33GeN3O. The van der Waals surface area contributed by atoms with Gasteiger partial charge in [0.05, 0.1) is 0 Å². The van der Waals surface area contributed by atoms with Crippen LogP contribution in [-0.2, 0) is 0 Å². The standard InChI is InChI=1S/C52H33GeN3O/c1-4-17-34(18-5-1)52-54-48(47-49(55-52)43-27-10-13-28-44(43)53(47,36-20-6-2-7-21-36)37-22-8-3-9-23-37)35-19-16-24-38(33-35)56-45-29-14-11-25-39(45)41-31-32-42-40-26-12-15-30-46(40)57-51(42)50(41)56/h1-33H. The number of fused-ring (bicyclic) bond motifs is 10. The van der Waals surface area contributed by atoms with E-state index >= 15 is 0 Å². The van der Waals surface area contributed by atoms with Gasteiger partial charge >= 0.3 is 333 Å². The van der Waals surface area contributed by atoms with Gasteiger partial charge in [-0.05, 0) is 0 Å². The molecule has 5 heteroatoms. The van der Waals surface area contributed by atoms with Crippen molar-refractivity contribution in [3.63, 3.8) is 0 Å². The van der Waals surface area contributed by atoms with Crippen LogP contribution in [0.2, 0.25) is 0 Å². The second-order valence-electron chi connectivity index (χ2n) is 14.9. The Hall–Kier alpha value is -7.02. The van der Waals surface area contributed by atoms with E-state index in [0.717, 1.165) is 72.4 Å². The molecule has 57 heavy (non-hydrogen) atoms. The fourth-order valence-electron chi connectivity index (χ4n) is 9.52. The number of aromatic nitrogens is 3. The first-order chi connectivity index (χ1) is 28.3. The van der Waals surface area contributed by atoms with E-state index < -0.39 is 13.3 Å². The van der Waals surface area contributed by atoms with E-state index in [4.69, 9.17) is 14.4 Å². The Morgan fingerprint density at radius 3 is 1.86 bits per heavy atom. The SMILES string of the molecule is c1ccc(-c2nc(-c3cccc(-n4c5ccccc5c5ccc6c7ccccc7oc6c54)c3)[c]3c(n2)-c2cccc[c]2[Ge]3([c]2ccccc2)[c]2ccccc2)cc1. The van der Waals surface area contributed by atoms with E-state index in [9.17, 15) is 0 Å². The zero-order valence-corrected chi connectivity index (χ0v) is 32.9. The first-order valence-corrected chi connectivity index (χ1v) is 23.6. The second kappa shape index (κ2) is 12.5. The summed E-state index contributed by atoms with van der Waals surface area (Å²) >= 11 is -3.75. The Kier molecular flexibility index (Phi) is 7.07. The van der Waals surface area contributed by atoms with Crippen LogP contribution >= 0.6 is 0 Å². The number of rotatable bonds is 5. The average molecular weight is 788 g/mol. The third kappa shape index (κ3) is 4.62. The fourth-order valence-corrected chi connectivity index (χ4v) is 20.5. The van der Waals surface area contributed by atoms with Crippen LogP contribution in [0.3, 0.4) is 0 Å². The molecule has 0 amide bonds. The Bertz CT molecular complexity index is 3310. The first-order valence-electron chi connectivity index (χ1n) is 19.4. The van der Waals surface area contributed by atoms with Crippen molar-refractivity contribution in [1.29, 1.82) is 0 Å². The predicted molar refractivity (Wildman–Crippen MR) is 237 cm³/mol. The van der Waals surface area contributed by atoms with Gasteiger partial charge in [0.25, 0.3) is 0 Å². The van der Waals surface area contributed by atoms with Crippen molar-refractivity contribution in [2.75, 3.05) is 0 Å². The summed E-state index contributed by atoms with van der Waals surface area (Å²) in [4.78, 5) is 11.2. The fraction of sp³-hybridized carbons (Fsp3) is 0. The number of para-hydroxylation sites is 2. The Labute approximate surface area is 331 Å². The molecule has 12 rings (SSSR count). The van der Waals surface area contributed by atoms with Gasteiger partial charge in [-0.15, -0.1) is 0 Å². The van der Waals surface area contributed by atoms with Gasteiger partial charge in [-0.25, -0.2) is 0 Å². The minimum atomic E-state index is -3.75. The van der Waals surface area contributed by atoms with Crippen LogP contribution in [0, 0.1) is 0 Å². The molecule has 0 atom stereocenters. The van der Waals surface area contributed by atoms with Gasteiger partial charge in [0.1, 0.15) is 0 Å². The summed E-state index contributed by atoms with van der Waals surface area (Å²) in [6.45, 7) is 0. The molecule has 4 heterocycles. The molecule has 266 valence electrons. The molecule has 11 aromatic rings. The Morgan fingerprint density at radius 2 is 1.07 bits per heavy atom. The molecule has 0 saturated carbocycles. The van der Waals surface area contributed by atoms with Crippen LogP contribution in [0.4, 0.5) is 0 Å². The molecule has 0 fully saturated rings. The summed E-state index contributed by atoms with van der Waals surface area (Å²) in [5.41, 5.74) is 10.3. The summed E-state index contributed by atoms with van der Waals surface area (Å²) in [6.07, 6.45) is 0. The molecule has 0 aliphatic carbocycles. The zero-order valence-electron chi connectivity index (χ0n) is 30.8. The van der Waals surface area contributed by atoms with Gasteiger partial charge in [0, 0.05) is 0 Å². The van der Waals surface area contributed by atoms with Gasteiger partial charge in [-0.2, -0.15) is 0 Å². The molecule has 1 aliphatic heterocycles. The van der Waals surface area contributed by atoms with Gasteiger partial charge in [-0.1, -0.05) is 0 Å². The van der Waals surface area contributed by atoms with Gasteiger partial charge in [0.15, 0.2) is 0 Å². The monoisotopic (exact) mass is 789 g/mol. The van der Waals surface area contributed by atoms with Gasteiger partial charge < -0.3 is 0 Å². The average Bonchev–Trinajstić information content (AvgIpc) is 3.94. The molecule has 0 saturated heterocycles. The van der Waals surface area contributed by atoms with E-state index in [1.54, 1.807) is 0 Å². The van der Waals surface area contributed by atoms with Crippen molar-refractivity contribution in [2.24, 2.45) is 0 Å². The third-order valence-corrected chi connectivity index (χ3v) is 22.1. The van der Waals surface area contributed by atoms with Crippen molar-refractivity contribution >= 4 is 74.6 Å². The quantitative estimate of drug-likeness (QED) is 0.163. The summed E-state index contributed by atoms with van der Waals surface area (Å²) < 4.78 is 14.5. The minimum absolute atomic E-state index is 0.727. The molecule has 1 aliphatic rings. The number of furan rings is 1. The second-order valence-corrected chi connectivity index (χ2v) is 22.6. The third-order valence-electron chi connectivity index (χ3n) is 11.9. The molecule has 8 aromatic carbocycles. The molecule has 0 radical (unpaired) electrons. The molecule has 0 bridgehead atoms. The predicted octanol–water partition coefficient (Wildman–Crippen LogP) is 10.2. The van der Waals surface area contributed by atoms with Crippen LogP contribution in [0.5, 0.6) is 0 Å². The summed E-state index contributed by atoms with van der Waals surface area (Å²) in [5, 5.41) is 4.58. The van der Waals surface area contributed by atoms with E-state index in [2.05, 4.69) is 193 Å². The number of nitrogens with zero attached hydrogens (tertiary/aromatic N) is 3. The van der Waals surface area contributed by atoms with E-state index in [1.807, 2.05) is 12.1 Å². The Morgan fingerprint density at radius 1 is 0.456 bits per heavy atom. The van der Waals surface area contributed by atoms with Crippen LogP contribution in [-0.4, -0.2) is 27.8 Å². The van der Waals surface area contributed by atoms with Crippen molar-refractivity contribution < 1.29 is 4.42 Å². The van der Waals surface area contributed by atoms with Crippen LogP contribution in [0.15, 0.2) is 205 Å². The summed E-state index contributed by atoms with van der Waals surface area (Å²) in [7, 11) is 0. The van der Waals surface area contributed by atoms with Crippen molar-refractivity contribution in [1.82, 2.24) is 14.5 Å². The summed E-state index contributed by atoms with van der Waals surface area (Å²) in [6, 6.07) is 72.2. The van der Waals surface area contributed by atoms with Crippen molar-refractivity contribution in [2.45, 2.75) is 0 Å². The van der Waals surface area contributed by atoms with Gasteiger partial charge in [0.2, 0.25) is 0 Å². The van der Waals surface area contributed by atoms with E-state index in [1.165, 1.54) is 28.5 Å². The zero-order chi connectivity index (χ0) is 37.5. The maximum atomic E-state index is 6.72. The molecule has 4 nitrogen and oxygen atoms in total. The summed E-state index contributed by atoms with van der Waals surface area (Å²) in [5.74, 6) is 0.727. The molecule has 3 aromatic heterocycles. The maximum absolute atomic E-state index is 6.72. The molecule has 0 N–H and O–H groups in total. The normalized spacial score (nSPS) is 13.1. The Balaban J connectivity index is 1.20. The van der Waals surface area contributed by atoms with Crippen LogP contribution in [0.25, 0.3) is 83.3 Å². The van der Waals surface area contributed by atoms with Gasteiger partial charge in [-0.3, -0.25) is 0 Å². The van der Waals surface area contributed by atoms with Crippen LogP contribution < -0.4 is 17.6 Å². The molecule has 0 unspecified atom stereocenters. The van der Waals surface area contributed by atoms with Crippen molar-refractivity contribution in [3.05, 3.63) is 200 Å². The topological polar surface area (TPSA) is 43.9 Å². The van der Waals surface area contributed by atoms with Crippen molar-refractivity contribution in [3.8, 4) is 39.6 Å². The molecule has 0 spiro atoms. The number of hydrogen-bond donors (Lipinski definition) is 0. The van der Waals surface area contributed by atoms with E-state index in [-0.39, 0.29) is 0 Å². The molecular weight excluding hydrogens is 755 g/mol. The first kappa shape index (κ1) is 32.2. The number of hydrogen-bond acceptors (Lipinski definition) is 3. The van der Waals surface area contributed by atoms with Crippen LogP contribution in [0.1, 0.15) is 0 Å². The number of benzene rings is 8. The van der Waals surface area contributed by atoms with E-state index in [0.29, 0.717) is 0 Å².